The number of rotatable bonds is 3. The van der Waals surface area contributed by atoms with Gasteiger partial charge < -0.3 is 9.84 Å². The van der Waals surface area contributed by atoms with Gasteiger partial charge in [0.05, 0.1) is 16.4 Å². The van der Waals surface area contributed by atoms with E-state index in [4.69, 9.17) is 17.0 Å². The summed E-state index contributed by atoms with van der Waals surface area (Å²) in [5.41, 5.74) is 0.987. The van der Waals surface area contributed by atoms with E-state index >= 15 is 0 Å². The molecule has 1 heterocycles. The van der Waals surface area contributed by atoms with Crippen LogP contribution in [0.5, 0.6) is 11.5 Å². The molecule has 132 valence electrons. The zero-order valence-electron chi connectivity index (χ0n) is 13.5. The monoisotopic (exact) mass is 480 g/mol. The Hall–Kier alpha value is -2.46. The number of nitrogens with one attached hydrogen (secondary N) is 1. The molecule has 1 aliphatic rings. The fourth-order valence-corrected chi connectivity index (χ4v) is 3.28. The lowest BCUT2D eigenvalue weighted by atomic mass is 10.1. The first-order valence-corrected chi connectivity index (χ1v) is 8.94. The molecular weight excluding hydrogens is 467 g/mol. The predicted octanol–water partition coefficient (Wildman–Crippen LogP) is 2.84. The number of phenols is 1. The smallest absolute Gasteiger partial charge is 0.270 e. The van der Waals surface area contributed by atoms with Crippen molar-refractivity contribution in [1.82, 2.24) is 5.32 Å². The molecule has 2 aromatic carbocycles. The van der Waals surface area contributed by atoms with Crippen LogP contribution in [0.25, 0.3) is 6.08 Å². The minimum absolute atomic E-state index is 0.0121. The van der Waals surface area contributed by atoms with Crippen molar-refractivity contribution in [2.45, 2.75) is 0 Å². The van der Waals surface area contributed by atoms with E-state index in [1.807, 2.05) is 22.6 Å². The molecule has 1 saturated heterocycles. The molecule has 1 fully saturated rings. The van der Waals surface area contributed by atoms with Crippen molar-refractivity contribution in [3.63, 3.8) is 0 Å². The Morgan fingerprint density at radius 3 is 2.65 bits per heavy atom. The van der Waals surface area contributed by atoms with Crippen LogP contribution < -0.4 is 15.0 Å². The van der Waals surface area contributed by atoms with Gasteiger partial charge in [0.25, 0.3) is 11.8 Å². The van der Waals surface area contributed by atoms with Crippen molar-refractivity contribution in [3.05, 3.63) is 57.2 Å². The van der Waals surface area contributed by atoms with Gasteiger partial charge in [0, 0.05) is 0 Å². The molecule has 26 heavy (non-hydrogen) atoms. The maximum atomic E-state index is 13.0. The van der Waals surface area contributed by atoms with E-state index in [-0.39, 0.29) is 16.4 Å². The summed E-state index contributed by atoms with van der Waals surface area (Å²) in [6.07, 6.45) is 1.46. The summed E-state index contributed by atoms with van der Waals surface area (Å²) >= 11 is 7.15. The van der Waals surface area contributed by atoms with Crippen molar-refractivity contribution in [2.75, 3.05) is 12.0 Å². The number of halogens is 1. The van der Waals surface area contributed by atoms with Crippen molar-refractivity contribution >= 4 is 63.5 Å². The van der Waals surface area contributed by atoms with Crippen molar-refractivity contribution in [3.8, 4) is 11.5 Å². The first kappa shape index (κ1) is 18.3. The summed E-state index contributed by atoms with van der Waals surface area (Å²) in [4.78, 5) is 26.5. The van der Waals surface area contributed by atoms with Crippen LogP contribution in [-0.2, 0) is 9.59 Å². The van der Waals surface area contributed by atoms with Crippen LogP contribution in [0, 0.1) is 3.57 Å². The molecule has 0 radical (unpaired) electrons. The van der Waals surface area contributed by atoms with Crippen molar-refractivity contribution in [2.24, 2.45) is 0 Å². The van der Waals surface area contributed by atoms with Gasteiger partial charge in [-0.2, -0.15) is 0 Å². The lowest BCUT2D eigenvalue weighted by Crippen LogP contribution is -2.54. The van der Waals surface area contributed by atoms with Crippen LogP contribution in [0.15, 0.2) is 48.0 Å². The first-order valence-electron chi connectivity index (χ1n) is 7.45. The summed E-state index contributed by atoms with van der Waals surface area (Å²) in [7, 11) is 1.49. The van der Waals surface area contributed by atoms with Crippen LogP contribution in [0.4, 0.5) is 5.69 Å². The molecule has 6 nitrogen and oxygen atoms in total. The molecular formula is C18H13IN2O4S. The number of amides is 2. The first-order chi connectivity index (χ1) is 12.4. The highest BCUT2D eigenvalue weighted by atomic mass is 127. The normalized spacial score (nSPS) is 16.0. The predicted molar refractivity (Wildman–Crippen MR) is 110 cm³/mol. The second kappa shape index (κ2) is 7.42. The number of phenolic OH excluding ortho intramolecular Hbond substituents is 1. The van der Waals surface area contributed by atoms with E-state index in [0.29, 0.717) is 20.6 Å². The van der Waals surface area contributed by atoms with Gasteiger partial charge >= 0.3 is 0 Å². The second-order valence-corrected chi connectivity index (χ2v) is 6.89. The molecule has 0 saturated carbocycles. The van der Waals surface area contributed by atoms with Gasteiger partial charge in [-0.25, -0.2) is 4.90 Å². The maximum Gasteiger partial charge on any atom is 0.270 e. The third kappa shape index (κ3) is 3.42. The highest BCUT2D eigenvalue weighted by molar-refractivity contribution is 14.1. The third-order valence-corrected chi connectivity index (χ3v) is 4.86. The van der Waals surface area contributed by atoms with E-state index < -0.39 is 11.8 Å². The fourth-order valence-electron chi connectivity index (χ4n) is 2.47. The molecule has 0 spiro atoms. The molecule has 0 unspecified atom stereocenters. The number of para-hydroxylation sites is 2. The topological polar surface area (TPSA) is 78.9 Å². The molecule has 2 N–H and O–H groups in total. The molecule has 8 heteroatoms. The minimum atomic E-state index is -0.575. The average molecular weight is 480 g/mol. The van der Waals surface area contributed by atoms with Gasteiger partial charge in [0.2, 0.25) is 0 Å². The number of aromatic hydroxyl groups is 1. The Morgan fingerprint density at radius 1 is 1.23 bits per heavy atom. The molecule has 0 bridgehead atoms. The number of hydrogen-bond donors (Lipinski definition) is 2. The second-order valence-electron chi connectivity index (χ2n) is 5.34. The largest absolute Gasteiger partial charge is 0.507 e. The quantitative estimate of drug-likeness (QED) is 0.306. The fraction of sp³-hybridized carbons (Fsp3) is 0.0556. The average Bonchev–Trinajstić information content (AvgIpc) is 2.62. The summed E-state index contributed by atoms with van der Waals surface area (Å²) in [5, 5.41) is 12.1. The highest BCUT2D eigenvalue weighted by Crippen LogP contribution is 2.31. The number of methoxy groups -OCH3 is 1. The molecule has 2 amide bonds. The summed E-state index contributed by atoms with van der Waals surface area (Å²) in [6, 6.07) is 11.7. The van der Waals surface area contributed by atoms with Gasteiger partial charge in [-0.3, -0.25) is 14.9 Å². The van der Waals surface area contributed by atoms with Crippen molar-refractivity contribution < 1.29 is 19.4 Å². The lowest BCUT2D eigenvalue weighted by Gasteiger charge is -2.29. The van der Waals surface area contributed by atoms with E-state index in [9.17, 15) is 14.7 Å². The zero-order valence-corrected chi connectivity index (χ0v) is 16.5. The lowest BCUT2D eigenvalue weighted by molar-refractivity contribution is -0.122. The van der Waals surface area contributed by atoms with Crippen LogP contribution in [-0.4, -0.2) is 29.1 Å². The molecule has 0 atom stereocenters. The van der Waals surface area contributed by atoms with Gasteiger partial charge in [-0.05, 0) is 70.7 Å². The number of carbonyl (C=O) groups excluding carboxylic acids is 2. The Morgan fingerprint density at radius 2 is 1.96 bits per heavy atom. The van der Waals surface area contributed by atoms with Gasteiger partial charge in [0.1, 0.15) is 17.1 Å². The van der Waals surface area contributed by atoms with E-state index in [2.05, 4.69) is 5.32 Å². The summed E-state index contributed by atoms with van der Waals surface area (Å²) < 4.78 is 5.90. The number of thiocarbonyl (C=S) groups is 1. The Balaban J connectivity index is 2.05. The van der Waals surface area contributed by atoms with E-state index in [1.165, 1.54) is 24.2 Å². The molecule has 3 rings (SSSR count). The van der Waals surface area contributed by atoms with Crippen LogP contribution in [0.1, 0.15) is 5.56 Å². The molecule has 1 aliphatic heterocycles. The van der Waals surface area contributed by atoms with E-state index in [1.54, 1.807) is 36.4 Å². The van der Waals surface area contributed by atoms with Gasteiger partial charge in [-0.15, -0.1) is 0 Å². The zero-order chi connectivity index (χ0) is 18.8. The number of ether oxygens (including phenoxy) is 1. The molecule has 2 aromatic rings. The summed E-state index contributed by atoms with van der Waals surface area (Å²) in [5.74, 6) is -0.539. The minimum Gasteiger partial charge on any atom is -0.507 e. The number of benzene rings is 2. The van der Waals surface area contributed by atoms with E-state index in [0.717, 1.165) is 0 Å². The number of anilines is 1. The Labute approximate surface area is 168 Å². The highest BCUT2D eigenvalue weighted by Gasteiger charge is 2.35. The molecule has 0 aromatic heterocycles. The number of hydrogen-bond acceptors (Lipinski definition) is 5. The van der Waals surface area contributed by atoms with Crippen LogP contribution >= 0.6 is 34.8 Å². The van der Waals surface area contributed by atoms with Crippen molar-refractivity contribution in [1.29, 1.82) is 0 Å². The van der Waals surface area contributed by atoms with Crippen LogP contribution in [0.2, 0.25) is 0 Å². The van der Waals surface area contributed by atoms with Crippen LogP contribution in [0.3, 0.4) is 0 Å². The Bertz CT molecular complexity index is 958. The number of nitrogens with zero attached hydrogens (tertiary/aromatic N) is 1. The standard InChI is InChI=1S/C18H13IN2O4S/c1-25-15-5-3-2-4-13(15)21-17(24)11(16(23)20-18(21)26)8-10-6-7-14(22)12(19)9-10/h2-9,22H,1H3,(H,20,23,26)/b11-8+. The van der Waals surface area contributed by atoms with Gasteiger partial charge in [0.15, 0.2) is 5.11 Å². The third-order valence-electron chi connectivity index (χ3n) is 3.71. The SMILES string of the molecule is COc1ccccc1N1C(=O)/C(=C/c2ccc(O)c(I)c2)C(=O)NC1=S. The summed E-state index contributed by atoms with van der Waals surface area (Å²) in [6.45, 7) is 0. The van der Waals surface area contributed by atoms with Gasteiger partial charge in [-0.1, -0.05) is 18.2 Å². The molecule has 0 aliphatic carbocycles. The maximum absolute atomic E-state index is 13.0. The number of carbonyl (C=O) groups is 2. The Kier molecular flexibility index (Phi) is 5.23.